The first-order valence-corrected chi connectivity index (χ1v) is 6.12. The van der Waals surface area contributed by atoms with Crippen molar-refractivity contribution in [3.8, 4) is 0 Å². The highest BCUT2D eigenvalue weighted by atomic mass is 35.5. The van der Waals surface area contributed by atoms with Gasteiger partial charge in [0.2, 0.25) is 0 Å². The smallest absolute Gasteiger partial charge is 0.0746 e. The molecular weight excluding hydrogens is 222 g/mol. The van der Waals surface area contributed by atoms with Crippen molar-refractivity contribution in [3.05, 3.63) is 34.9 Å². The second kappa shape index (κ2) is 4.74. The third-order valence-electron chi connectivity index (χ3n) is 3.07. The molecule has 0 aliphatic carbocycles. The van der Waals surface area contributed by atoms with Gasteiger partial charge in [-0.1, -0.05) is 23.7 Å². The number of rotatable bonds is 2. The minimum absolute atomic E-state index is 0.523. The molecule has 16 heavy (non-hydrogen) atoms. The Hall–Kier alpha value is -0.570. The second-order valence-electron chi connectivity index (χ2n) is 4.94. The van der Waals surface area contributed by atoms with Gasteiger partial charge in [0.05, 0.1) is 5.60 Å². The number of halogens is 1. The number of aliphatic hydroxyl groups is 1. The van der Waals surface area contributed by atoms with Gasteiger partial charge in [0.15, 0.2) is 0 Å². The highest BCUT2D eigenvalue weighted by Crippen LogP contribution is 2.22. The van der Waals surface area contributed by atoms with Crippen molar-refractivity contribution in [2.45, 2.75) is 31.9 Å². The van der Waals surface area contributed by atoms with Crippen LogP contribution in [-0.2, 0) is 6.54 Å². The van der Waals surface area contributed by atoms with Gasteiger partial charge < -0.3 is 5.11 Å². The van der Waals surface area contributed by atoms with E-state index in [4.69, 9.17) is 11.6 Å². The molecular formula is C13H18ClNO. The molecule has 1 unspecified atom stereocenters. The lowest BCUT2D eigenvalue weighted by molar-refractivity contribution is -0.0181. The maximum atomic E-state index is 10.0. The van der Waals surface area contributed by atoms with E-state index >= 15 is 0 Å². The summed E-state index contributed by atoms with van der Waals surface area (Å²) in [5, 5.41) is 10.8. The molecule has 1 heterocycles. The van der Waals surface area contributed by atoms with Crippen molar-refractivity contribution in [3.63, 3.8) is 0 Å². The molecule has 0 bridgehead atoms. The molecule has 1 aromatic carbocycles. The molecule has 1 aromatic rings. The second-order valence-corrected chi connectivity index (χ2v) is 5.37. The molecule has 1 aliphatic rings. The third-order valence-corrected chi connectivity index (χ3v) is 3.33. The highest BCUT2D eigenvalue weighted by Gasteiger charge is 2.27. The first-order chi connectivity index (χ1) is 7.55. The molecule has 2 nitrogen and oxygen atoms in total. The molecule has 0 spiro atoms. The van der Waals surface area contributed by atoms with Crippen LogP contribution in [0.1, 0.15) is 25.3 Å². The average molecular weight is 240 g/mol. The number of hydrogen-bond acceptors (Lipinski definition) is 2. The molecule has 3 heteroatoms. The zero-order valence-electron chi connectivity index (χ0n) is 9.62. The summed E-state index contributed by atoms with van der Waals surface area (Å²) in [6, 6.07) is 7.93. The molecule has 2 rings (SSSR count). The van der Waals surface area contributed by atoms with Gasteiger partial charge in [-0.2, -0.15) is 0 Å². The Balaban J connectivity index is 1.97. The Bertz CT molecular complexity index is 347. The van der Waals surface area contributed by atoms with Gasteiger partial charge >= 0.3 is 0 Å². The van der Waals surface area contributed by atoms with Crippen molar-refractivity contribution < 1.29 is 5.11 Å². The first kappa shape index (κ1) is 11.9. The van der Waals surface area contributed by atoms with Crippen molar-refractivity contribution >= 4 is 11.6 Å². The number of nitrogens with zero attached hydrogens (tertiary/aromatic N) is 1. The van der Waals surface area contributed by atoms with Crippen LogP contribution in [0.3, 0.4) is 0 Å². The summed E-state index contributed by atoms with van der Waals surface area (Å²) in [4.78, 5) is 2.30. The van der Waals surface area contributed by atoms with Crippen LogP contribution in [0.15, 0.2) is 24.3 Å². The lowest BCUT2D eigenvalue weighted by Gasteiger charge is -2.36. The van der Waals surface area contributed by atoms with Crippen LogP contribution in [0.5, 0.6) is 0 Å². The van der Waals surface area contributed by atoms with Crippen molar-refractivity contribution in [1.82, 2.24) is 4.90 Å². The van der Waals surface area contributed by atoms with Crippen LogP contribution >= 0.6 is 11.6 Å². The highest BCUT2D eigenvalue weighted by molar-refractivity contribution is 6.30. The molecule has 1 saturated heterocycles. The maximum absolute atomic E-state index is 10.0. The summed E-state index contributed by atoms with van der Waals surface area (Å²) in [5.74, 6) is 0. The Morgan fingerprint density at radius 1 is 1.38 bits per heavy atom. The third kappa shape index (κ3) is 3.21. The van der Waals surface area contributed by atoms with E-state index in [0.29, 0.717) is 0 Å². The molecule has 1 atom stereocenters. The molecule has 1 aliphatic heterocycles. The fourth-order valence-corrected chi connectivity index (χ4v) is 2.43. The first-order valence-electron chi connectivity index (χ1n) is 5.74. The lowest BCUT2D eigenvalue weighted by Crippen LogP contribution is -2.45. The van der Waals surface area contributed by atoms with Gasteiger partial charge in [-0.05, 0) is 44.0 Å². The van der Waals surface area contributed by atoms with E-state index in [1.54, 1.807) is 0 Å². The summed E-state index contributed by atoms with van der Waals surface area (Å²) >= 11 is 5.85. The van der Waals surface area contributed by atoms with Crippen LogP contribution in [0.2, 0.25) is 5.02 Å². The molecule has 1 fully saturated rings. The quantitative estimate of drug-likeness (QED) is 0.858. The minimum atomic E-state index is -0.523. The molecule has 0 aromatic heterocycles. The summed E-state index contributed by atoms with van der Waals surface area (Å²) in [7, 11) is 0. The Morgan fingerprint density at radius 2 is 2.06 bits per heavy atom. The zero-order chi connectivity index (χ0) is 11.6. The van der Waals surface area contributed by atoms with Gasteiger partial charge in [-0.15, -0.1) is 0 Å². The van der Waals surface area contributed by atoms with Gasteiger partial charge in [-0.3, -0.25) is 4.90 Å². The van der Waals surface area contributed by atoms with Gasteiger partial charge in [0.25, 0.3) is 0 Å². The van der Waals surface area contributed by atoms with E-state index in [1.807, 2.05) is 31.2 Å². The fraction of sp³-hybridized carbons (Fsp3) is 0.538. The normalized spacial score (nSPS) is 26.9. The van der Waals surface area contributed by atoms with Crippen LogP contribution in [-0.4, -0.2) is 28.7 Å². The average Bonchev–Trinajstić information content (AvgIpc) is 2.20. The standard InChI is InChI=1S/C13H18ClNO/c1-13(16)7-2-8-15(10-13)9-11-3-5-12(14)6-4-11/h3-6,16H,2,7-10H2,1H3. The largest absolute Gasteiger partial charge is 0.389 e. The number of piperidine rings is 1. The number of hydrogen-bond donors (Lipinski definition) is 1. The van der Waals surface area contributed by atoms with Crippen molar-refractivity contribution in [2.75, 3.05) is 13.1 Å². The number of likely N-dealkylation sites (tertiary alicyclic amines) is 1. The Morgan fingerprint density at radius 3 is 2.69 bits per heavy atom. The van der Waals surface area contributed by atoms with Gasteiger partial charge in [0, 0.05) is 18.1 Å². The minimum Gasteiger partial charge on any atom is -0.389 e. The van der Waals surface area contributed by atoms with Crippen LogP contribution in [0, 0.1) is 0 Å². The molecule has 88 valence electrons. The predicted octanol–water partition coefficient (Wildman–Crippen LogP) is 2.69. The van der Waals surface area contributed by atoms with E-state index < -0.39 is 5.60 Å². The van der Waals surface area contributed by atoms with Crippen molar-refractivity contribution in [1.29, 1.82) is 0 Å². The Labute approximate surface area is 102 Å². The summed E-state index contributed by atoms with van der Waals surface area (Å²) < 4.78 is 0. The summed E-state index contributed by atoms with van der Waals surface area (Å²) in [5.41, 5.74) is 0.729. The Kier molecular flexibility index (Phi) is 3.53. The number of benzene rings is 1. The van der Waals surface area contributed by atoms with E-state index in [9.17, 15) is 5.11 Å². The van der Waals surface area contributed by atoms with Gasteiger partial charge in [-0.25, -0.2) is 0 Å². The monoisotopic (exact) mass is 239 g/mol. The molecule has 1 N–H and O–H groups in total. The summed E-state index contributed by atoms with van der Waals surface area (Å²) in [6.45, 7) is 4.64. The predicted molar refractivity (Wildman–Crippen MR) is 66.6 cm³/mol. The van der Waals surface area contributed by atoms with E-state index in [1.165, 1.54) is 5.56 Å². The maximum Gasteiger partial charge on any atom is 0.0746 e. The van der Waals surface area contributed by atoms with Gasteiger partial charge in [0.1, 0.15) is 0 Å². The zero-order valence-corrected chi connectivity index (χ0v) is 10.4. The van der Waals surface area contributed by atoms with Crippen LogP contribution in [0.4, 0.5) is 0 Å². The fourth-order valence-electron chi connectivity index (χ4n) is 2.31. The van der Waals surface area contributed by atoms with E-state index in [-0.39, 0.29) is 0 Å². The number of β-amino-alcohol motifs (C(OH)–C–C–N with tert-alkyl or cyclic N) is 1. The molecule has 0 saturated carbocycles. The molecule has 0 radical (unpaired) electrons. The van der Waals surface area contributed by atoms with Crippen LogP contribution in [0.25, 0.3) is 0 Å². The van der Waals surface area contributed by atoms with Crippen LogP contribution < -0.4 is 0 Å². The van der Waals surface area contributed by atoms with Crippen molar-refractivity contribution in [2.24, 2.45) is 0 Å². The summed E-state index contributed by atoms with van der Waals surface area (Å²) in [6.07, 6.45) is 1.98. The SMILES string of the molecule is CC1(O)CCCN(Cc2ccc(Cl)cc2)C1. The lowest BCUT2D eigenvalue weighted by atomic mass is 9.95. The molecule has 0 amide bonds. The topological polar surface area (TPSA) is 23.5 Å². The van der Waals surface area contributed by atoms with E-state index in [2.05, 4.69) is 4.90 Å². The van der Waals surface area contributed by atoms with E-state index in [0.717, 1.165) is 37.5 Å².